The average molecular weight is 275 g/mol. The number of anilines is 1. The lowest BCUT2D eigenvalue weighted by Gasteiger charge is -2.23. The van der Waals surface area contributed by atoms with Crippen LogP contribution in [0.25, 0.3) is 0 Å². The van der Waals surface area contributed by atoms with Crippen molar-refractivity contribution < 1.29 is 13.2 Å². The smallest absolute Gasteiger partial charge is 0.345 e. The van der Waals surface area contributed by atoms with Gasteiger partial charge in [-0.3, -0.25) is 0 Å². The maximum atomic E-state index is 12.2. The Morgan fingerprint density at radius 1 is 1.25 bits per heavy atom. The Hall–Kier alpha value is -0.820. The Morgan fingerprint density at radius 3 is 2.38 bits per heavy atom. The monoisotopic (exact) mass is 274 g/mol. The molecule has 0 fully saturated rings. The summed E-state index contributed by atoms with van der Waals surface area (Å²) >= 11 is 11.0. The minimum Gasteiger partial charge on any atom is -0.345 e. The molecule has 0 aliphatic heterocycles. The summed E-state index contributed by atoms with van der Waals surface area (Å²) in [5.74, 6) is -0.124. The van der Waals surface area contributed by atoms with Gasteiger partial charge in [0.15, 0.2) is 11.0 Å². The van der Waals surface area contributed by atoms with E-state index in [4.69, 9.17) is 23.2 Å². The van der Waals surface area contributed by atoms with E-state index in [1.807, 2.05) is 0 Å². The number of halogens is 5. The lowest BCUT2D eigenvalue weighted by Crippen LogP contribution is -2.35. The van der Waals surface area contributed by atoms with Crippen LogP contribution in [0.4, 0.5) is 19.0 Å². The predicted octanol–water partition coefficient (Wildman–Crippen LogP) is 2.57. The van der Waals surface area contributed by atoms with Crippen LogP contribution in [0.3, 0.4) is 0 Å². The topological polar surface area (TPSA) is 41.9 Å². The first-order valence-electron chi connectivity index (χ1n) is 4.21. The minimum absolute atomic E-state index is 0.0776. The highest BCUT2D eigenvalue weighted by molar-refractivity contribution is 6.32. The molecule has 0 aromatic carbocycles. The van der Waals surface area contributed by atoms with E-state index in [9.17, 15) is 13.2 Å². The highest BCUT2D eigenvalue weighted by atomic mass is 35.5. The molecule has 4 nitrogen and oxygen atoms in total. The molecular formula is C7H7Cl2F3N4. The third kappa shape index (κ3) is 3.64. The van der Waals surface area contributed by atoms with E-state index < -0.39 is 12.7 Å². The van der Waals surface area contributed by atoms with Gasteiger partial charge in [-0.25, -0.2) is 0 Å². The number of aromatic nitrogens is 3. The normalized spacial score (nSPS) is 11.6. The summed E-state index contributed by atoms with van der Waals surface area (Å²) in [7, 11) is 0. The van der Waals surface area contributed by atoms with Crippen molar-refractivity contribution in [1.29, 1.82) is 0 Å². The van der Waals surface area contributed by atoms with Crippen molar-refractivity contribution in [3.8, 4) is 0 Å². The van der Waals surface area contributed by atoms with E-state index >= 15 is 0 Å². The molecule has 9 heteroatoms. The van der Waals surface area contributed by atoms with Gasteiger partial charge in [-0.05, 0) is 18.5 Å². The zero-order valence-corrected chi connectivity index (χ0v) is 9.60. The zero-order valence-electron chi connectivity index (χ0n) is 8.09. The molecule has 1 rings (SSSR count). The third-order valence-electron chi connectivity index (χ3n) is 1.65. The van der Waals surface area contributed by atoms with Crippen LogP contribution in [0.1, 0.15) is 6.92 Å². The lowest BCUT2D eigenvalue weighted by molar-refractivity contribution is -0.119. The number of alkyl halides is 3. The molecule has 1 aromatic heterocycles. The van der Waals surface area contributed by atoms with Crippen LogP contribution in [0.5, 0.6) is 0 Å². The molecule has 0 saturated carbocycles. The molecule has 1 aromatic rings. The second-order valence-electron chi connectivity index (χ2n) is 2.82. The van der Waals surface area contributed by atoms with Crippen LogP contribution >= 0.6 is 23.2 Å². The molecule has 0 aliphatic rings. The molecular weight excluding hydrogens is 268 g/mol. The Kier molecular flexibility index (Phi) is 4.15. The SMILES string of the molecule is CCN(CC(F)(F)F)c1nc(Cl)nnc1Cl. The standard InChI is InChI=1S/C7H7Cl2F3N4/c1-2-16(3-7(10,11)12)5-4(8)14-15-6(9)13-5/h2-3H2,1H3. The number of nitrogens with zero attached hydrogens (tertiary/aromatic N) is 4. The van der Waals surface area contributed by atoms with Crippen LogP contribution in [-0.4, -0.2) is 34.4 Å². The Balaban J connectivity index is 2.99. The van der Waals surface area contributed by atoms with Crippen molar-refractivity contribution in [1.82, 2.24) is 15.2 Å². The first-order valence-corrected chi connectivity index (χ1v) is 4.96. The molecule has 0 atom stereocenters. The molecule has 1 heterocycles. The van der Waals surface area contributed by atoms with Gasteiger partial charge >= 0.3 is 6.18 Å². The summed E-state index contributed by atoms with van der Waals surface area (Å²) in [5.41, 5.74) is 0. The Bertz CT molecular complexity index is 371. The predicted molar refractivity (Wildman–Crippen MR) is 53.8 cm³/mol. The largest absolute Gasteiger partial charge is 0.405 e. The van der Waals surface area contributed by atoms with E-state index in [2.05, 4.69) is 15.2 Å². The zero-order chi connectivity index (χ0) is 12.3. The van der Waals surface area contributed by atoms with Crippen molar-refractivity contribution in [2.24, 2.45) is 0 Å². The second-order valence-corrected chi connectivity index (χ2v) is 3.52. The molecule has 16 heavy (non-hydrogen) atoms. The highest BCUT2D eigenvalue weighted by Crippen LogP contribution is 2.25. The van der Waals surface area contributed by atoms with E-state index in [0.29, 0.717) is 0 Å². The van der Waals surface area contributed by atoms with Gasteiger partial charge in [0.05, 0.1) is 0 Å². The van der Waals surface area contributed by atoms with Crippen LogP contribution in [-0.2, 0) is 0 Å². The maximum Gasteiger partial charge on any atom is 0.405 e. The summed E-state index contributed by atoms with van der Waals surface area (Å²) in [6.07, 6.45) is -4.35. The average Bonchev–Trinajstić information content (AvgIpc) is 2.17. The third-order valence-corrected chi connectivity index (χ3v) is 2.06. The fraction of sp³-hybridized carbons (Fsp3) is 0.571. The minimum atomic E-state index is -4.35. The molecule has 0 saturated heterocycles. The number of hydrogen-bond donors (Lipinski definition) is 0. The van der Waals surface area contributed by atoms with E-state index in [0.717, 1.165) is 4.90 Å². The number of rotatable bonds is 3. The molecule has 0 N–H and O–H groups in total. The van der Waals surface area contributed by atoms with Gasteiger partial charge < -0.3 is 4.90 Å². The van der Waals surface area contributed by atoms with Gasteiger partial charge in [-0.15, -0.1) is 10.2 Å². The van der Waals surface area contributed by atoms with Gasteiger partial charge in [-0.1, -0.05) is 11.6 Å². The van der Waals surface area contributed by atoms with Crippen molar-refractivity contribution >= 4 is 29.0 Å². The van der Waals surface area contributed by atoms with Crippen molar-refractivity contribution in [3.05, 3.63) is 10.4 Å². The summed E-state index contributed by atoms with van der Waals surface area (Å²) in [4.78, 5) is 4.53. The van der Waals surface area contributed by atoms with E-state index in [1.165, 1.54) is 6.92 Å². The molecule has 0 amide bonds. The van der Waals surface area contributed by atoms with Crippen LogP contribution in [0.15, 0.2) is 0 Å². The van der Waals surface area contributed by atoms with Crippen LogP contribution in [0.2, 0.25) is 10.4 Å². The van der Waals surface area contributed by atoms with Gasteiger partial charge in [-0.2, -0.15) is 18.2 Å². The van der Waals surface area contributed by atoms with Gasteiger partial charge in [0.1, 0.15) is 6.54 Å². The summed E-state index contributed by atoms with van der Waals surface area (Å²) in [6, 6.07) is 0. The summed E-state index contributed by atoms with van der Waals surface area (Å²) < 4.78 is 36.7. The highest BCUT2D eigenvalue weighted by Gasteiger charge is 2.31. The first kappa shape index (κ1) is 13.2. The van der Waals surface area contributed by atoms with E-state index in [1.54, 1.807) is 0 Å². The Morgan fingerprint density at radius 2 is 1.88 bits per heavy atom. The van der Waals surface area contributed by atoms with Crippen LogP contribution in [0, 0.1) is 0 Å². The number of hydrogen-bond acceptors (Lipinski definition) is 4. The molecule has 0 spiro atoms. The molecule has 0 bridgehead atoms. The van der Waals surface area contributed by atoms with Crippen molar-refractivity contribution in [2.75, 3.05) is 18.0 Å². The summed E-state index contributed by atoms with van der Waals surface area (Å²) in [6.45, 7) is 0.449. The lowest BCUT2D eigenvalue weighted by atomic mass is 10.4. The van der Waals surface area contributed by atoms with Crippen molar-refractivity contribution in [2.45, 2.75) is 13.1 Å². The van der Waals surface area contributed by atoms with E-state index in [-0.39, 0.29) is 22.8 Å². The fourth-order valence-corrected chi connectivity index (χ4v) is 1.36. The molecule has 0 aliphatic carbocycles. The first-order chi connectivity index (χ1) is 7.33. The molecule has 0 radical (unpaired) electrons. The van der Waals surface area contributed by atoms with Crippen LogP contribution < -0.4 is 4.90 Å². The Labute approximate surface area is 99.4 Å². The fourth-order valence-electron chi connectivity index (χ4n) is 1.04. The van der Waals surface area contributed by atoms with Crippen molar-refractivity contribution in [3.63, 3.8) is 0 Å². The molecule has 90 valence electrons. The molecule has 0 unspecified atom stereocenters. The summed E-state index contributed by atoms with van der Waals surface area (Å²) in [5, 5.41) is 6.24. The van der Waals surface area contributed by atoms with Gasteiger partial charge in [0, 0.05) is 6.54 Å². The maximum absolute atomic E-state index is 12.2. The van der Waals surface area contributed by atoms with Gasteiger partial charge in [0.25, 0.3) is 0 Å². The second kappa shape index (κ2) is 5.01. The quantitative estimate of drug-likeness (QED) is 0.850. The van der Waals surface area contributed by atoms with Gasteiger partial charge in [0.2, 0.25) is 5.28 Å².